The first kappa shape index (κ1) is 23.6. The molecule has 0 radical (unpaired) electrons. The minimum Gasteiger partial charge on any atom is -0.490 e. The number of ether oxygens (including phenoxy) is 1. The minimum absolute atomic E-state index is 0.0901. The first-order chi connectivity index (χ1) is 17.4. The Kier molecular flexibility index (Phi) is 6.48. The van der Waals surface area contributed by atoms with Crippen LogP contribution in [-0.4, -0.2) is 40.7 Å². The van der Waals surface area contributed by atoms with E-state index in [2.05, 4.69) is 15.6 Å². The quantitative estimate of drug-likeness (QED) is 0.302. The van der Waals surface area contributed by atoms with Crippen LogP contribution in [0.4, 0.5) is 0 Å². The highest BCUT2D eigenvalue weighted by molar-refractivity contribution is 6.01. The topological polar surface area (TPSA) is 103 Å². The van der Waals surface area contributed by atoms with Crippen molar-refractivity contribution >= 4 is 22.7 Å². The van der Waals surface area contributed by atoms with E-state index in [-0.39, 0.29) is 24.5 Å². The van der Waals surface area contributed by atoms with E-state index in [0.717, 1.165) is 33.2 Å². The number of H-pyrrole nitrogens is 1. The molecule has 3 aromatic carbocycles. The Morgan fingerprint density at radius 2 is 1.86 bits per heavy atom. The van der Waals surface area contributed by atoms with Crippen LogP contribution in [0.5, 0.6) is 5.75 Å². The lowest BCUT2D eigenvalue weighted by Gasteiger charge is -2.19. The van der Waals surface area contributed by atoms with Crippen molar-refractivity contribution in [2.24, 2.45) is 0 Å². The normalized spacial score (nSPS) is 13.5. The van der Waals surface area contributed by atoms with Gasteiger partial charge in [-0.15, -0.1) is 0 Å². The van der Waals surface area contributed by atoms with Crippen molar-refractivity contribution in [3.8, 4) is 16.9 Å². The lowest BCUT2D eigenvalue weighted by atomic mass is 9.98. The van der Waals surface area contributed by atoms with Gasteiger partial charge in [0.25, 0.3) is 11.8 Å². The molecule has 0 saturated carbocycles. The zero-order valence-corrected chi connectivity index (χ0v) is 20.3. The number of para-hydroxylation sites is 1. The van der Waals surface area contributed by atoms with E-state index in [1.54, 1.807) is 12.1 Å². The molecule has 1 aromatic heterocycles. The van der Waals surface area contributed by atoms with Crippen molar-refractivity contribution in [1.82, 2.24) is 15.6 Å². The molecule has 0 aliphatic carbocycles. The average Bonchev–Trinajstić information content (AvgIpc) is 3.46. The van der Waals surface area contributed by atoms with E-state index < -0.39 is 6.04 Å². The van der Waals surface area contributed by atoms with Gasteiger partial charge >= 0.3 is 0 Å². The van der Waals surface area contributed by atoms with Crippen molar-refractivity contribution in [2.75, 3.05) is 6.61 Å². The zero-order chi connectivity index (χ0) is 25.2. The number of hydrogen-bond donors (Lipinski definition) is 4. The molecule has 4 N–H and O–H groups in total. The number of aliphatic hydroxyl groups is 1. The number of carbonyl (C=O) groups is 2. The Morgan fingerprint density at radius 3 is 2.67 bits per heavy atom. The van der Waals surface area contributed by atoms with Crippen molar-refractivity contribution < 1.29 is 19.4 Å². The summed E-state index contributed by atoms with van der Waals surface area (Å²) in [5, 5.41) is 16.9. The number of hydrogen-bond acceptors (Lipinski definition) is 4. The monoisotopic (exact) mass is 483 g/mol. The van der Waals surface area contributed by atoms with Gasteiger partial charge in [-0.1, -0.05) is 36.4 Å². The Balaban J connectivity index is 1.43. The molecule has 4 aromatic rings. The zero-order valence-electron chi connectivity index (χ0n) is 20.3. The number of nitrogens with one attached hydrogen (secondary N) is 3. The molecule has 0 saturated heterocycles. The summed E-state index contributed by atoms with van der Waals surface area (Å²) in [6.07, 6.45) is 2.27. The fourth-order valence-electron chi connectivity index (χ4n) is 4.63. The molecule has 0 bridgehead atoms. The van der Waals surface area contributed by atoms with Gasteiger partial charge in [0.1, 0.15) is 5.75 Å². The van der Waals surface area contributed by atoms with Crippen LogP contribution in [0.25, 0.3) is 22.0 Å². The first-order valence-corrected chi connectivity index (χ1v) is 12.1. The molecule has 1 atom stereocenters. The Labute approximate surface area is 209 Å². The molecular formula is C29H29N3O4. The standard InChI is InChI=1S/C29H29N3O4/c1-17(2)36-27-10-9-19(18-7-8-20-14-31-28(34)24(20)12-18)13-25(27)29(35)32-22(16-33)11-21-15-30-26-6-4-3-5-23(21)26/h3-10,12-13,15,17,22,30,33H,11,14,16H2,1-2H3,(H,31,34)(H,32,35)/t22-/m1/s1. The summed E-state index contributed by atoms with van der Waals surface area (Å²) >= 11 is 0. The number of carbonyl (C=O) groups excluding carboxylic acids is 2. The number of rotatable bonds is 8. The van der Waals surface area contributed by atoms with Crippen LogP contribution < -0.4 is 15.4 Å². The van der Waals surface area contributed by atoms with E-state index in [9.17, 15) is 14.7 Å². The molecule has 1 aliphatic heterocycles. The summed E-state index contributed by atoms with van der Waals surface area (Å²) < 4.78 is 5.93. The molecule has 1 aliphatic rings. The summed E-state index contributed by atoms with van der Waals surface area (Å²) in [4.78, 5) is 28.8. The van der Waals surface area contributed by atoms with Crippen LogP contribution in [0.1, 0.15) is 45.7 Å². The van der Waals surface area contributed by atoms with E-state index >= 15 is 0 Å². The summed E-state index contributed by atoms with van der Waals surface area (Å²) in [5.41, 5.74) is 5.67. The lowest BCUT2D eigenvalue weighted by molar-refractivity contribution is 0.0909. The number of aromatic amines is 1. The summed E-state index contributed by atoms with van der Waals surface area (Å²) in [6.45, 7) is 4.14. The van der Waals surface area contributed by atoms with Crippen LogP contribution in [0, 0.1) is 0 Å². The molecule has 184 valence electrons. The van der Waals surface area contributed by atoms with E-state index in [1.807, 2.05) is 68.6 Å². The number of benzene rings is 3. The highest BCUT2D eigenvalue weighted by Gasteiger charge is 2.22. The largest absolute Gasteiger partial charge is 0.490 e. The third-order valence-electron chi connectivity index (χ3n) is 6.41. The van der Waals surface area contributed by atoms with Gasteiger partial charge in [-0.05, 0) is 66.8 Å². The van der Waals surface area contributed by atoms with Crippen LogP contribution in [0.3, 0.4) is 0 Å². The van der Waals surface area contributed by atoms with Crippen molar-refractivity contribution in [3.63, 3.8) is 0 Å². The SMILES string of the molecule is CC(C)Oc1ccc(-c2ccc3c(c2)C(=O)NC3)cc1C(=O)N[C@@H](CO)Cc1c[nH]c2ccccc12. The maximum Gasteiger partial charge on any atom is 0.255 e. The lowest BCUT2D eigenvalue weighted by Crippen LogP contribution is -2.39. The Bertz CT molecular complexity index is 1440. The molecule has 0 spiro atoms. The molecule has 2 amide bonds. The fourth-order valence-corrected chi connectivity index (χ4v) is 4.63. The van der Waals surface area contributed by atoms with E-state index in [4.69, 9.17) is 4.74 Å². The molecule has 7 heteroatoms. The molecular weight excluding hydrogens is 454 g/mol. The number of aliphatic hydroxyl groups excluding tert-OH is 1. The van der Waals surface area contributed by atoms with Crippen molar-refractivity contribution in [2.45, 2.75) is 39.0 Å². The van der Waals surface area contributed by atoms with E-state index in [1.165, 1.54) is 0 Å². The predicted octanol–water partition coefficient (Wildman–Crippen LogP) is 4.20. The smallest absolute Gasteiger partial charge is 0.255 e. The predicted molar refractivity (Wildman–Crippen MR) is 139 cm³/mol. The summed E-state index contributed by atoms with van der Waals surface area (Å²) in [5.74, 6) is 0.0480. The van der Waals surface area contributed by atoms with Gasteiger partial charge < -0.3 is 25.5 Å². The number of fused-ring (bicyclic) bond motifs is 2. The third-order valence-corrected chi connectivity index (χ3v) is 6.41. The van der Waals surface area contributed by atoms with Crippen LogP contribution in [-0.2, 0) is 13.0 Å². The van der Waals surface area contributed by atoms with Gasteiger partial charge in [0, 0.05) is 29.2 Å². The number of amides is 2. The highest BCUT2D eigenvalue weighted by Crippen LogP contribution is 2.30. The van der Waals surface area contributed by atoms with Gasteiger partial charge in [0.2, 0.25) is 0 Å². The summed E-state index contributed by atoms with van der Waals surface area (Å²) in [6, 6.07) is 18.7. The van der Waals surface area contributed by atoms with Crippen LogP contribution in [0.2, 0.25) is 0 Å². The maximum absolute atomic E-state index is 13.5. The molecule has 0 fully saturated rings. The molecule has 0 unspecified atom stereocenters. The number of aromatic nitrogens is 1. The van der Waals surface area contributed by atoms with Crippen molar-refractivity contribution in [1.29, 1.82) is 0 Å². The van der Waals surface area contributed by atoms with Crippen LogP contribution in [0.15, 0.2) is 66.9 Å². The highest BCUT2D eigenvalue weighted by atomic mass is 16.5. The molecule has 5 rings (SSSR count). The summed E-state index contributed by atoms with van der Waals surface area (Å²) in [7, 11) is 0. The maximum atomic E-state index is 13.5. The van der Waals surface area contributed by atoms with Crippen molar-refractivity contribution in [3.05, 3.63) is 89.1 Å². The minimum atomic E-state index is -0.476. The van der Waals surface area contributed by atoms with E-state index in [0.29, 0.717) is 29.8 Å². The second-order valence-corrected chi connectivity index (χ2v) is 9.35. The molecule has 7 nitrogen and oxygen atoms in total. The van der Waals surface area contributed by atoms with Gasteiger partial charge in [0.05, 0.1) is 24.3 Å². The van der Waals surface area contributed by atoms with Gasteiger partial charge in [-0.3, -0.25) is 9.59 Å². The molecule has 2 heterocycles. The van der Waals surface area contributed by atoms with Crippen LogP contribution >= 0.6 is 0 Å². The second kappa shape index (κ2) is 9.87. The van der Waals surface area contributed by atoms with Gasteiger partial charge in [-0.25, -0.2) is 0 Å². The first-order valence-electron chi connectivity index (χ1n) is 12.1. The molecule has 36 heavy (non-hydrogen) atoms. The fraction of sp³-hybridized carbons (Fsp3) is 0.241. The Hall–Kier alpha value is -4.10. The van der Waals surface area contributed by atoms with Gasteiger partial charge in [0.15, 0.2) is 0 Å². The van der Waals surface area contributed by atoms with Gasteiger partial charge in [-0.2, -0.15) is 0 Å². The average molecular weight is 484 g/mol. The third kappa shape index (κ3) is 4.70. The second-order valence-electron chi connectivity index (χ2n) is 9.35. The Morgan fingerprint density at radius 1 is 1.08 bits per heavy atom.